The highest BCUT2D eigenvalue weighted by Crippen LogP contribution is 2.34. The topological polar surface area (TPSA) is 26.3 Å². The van der Waals surface area contributed by atoms with E-state index < -0.39 is 18.2 Å². The molecule has 0 aliphatic heterocycles. The van der Waals surface area contributed by atoms with Crippen LogP contribution in [0.25, 0.3) is 0 Å². The fourth-order valence-electron chi connectivity index (χ4n) is 2.47. The second-order valence-corrected chi connectivity index (χ2v) is 6.60. The molecule has 0 radical (unpaired) electrons. The van der Waals surface area contributed by atoms with E-state index in [1.54, 1.807) is 12.1 Å². The van der Waals surface area contributed by atoms with Crippen LogP contribution in [-0.2, 0) is 28.3 Å². The van der Waals surface area contributed by atoms with Gasteiger partial charge in [0, 0.05) is 22.9 Å². The minimum atomic E-state index is -3.11. The molecule has 0 heterocycles. The van der Waals surface area contributed by atoms with Gasteiger partial charge >= 0.3 is 5.97 Å². The van der Waals surface area contributed by atoms with Gasteiger partial charge in [0.1, 0.15) is 5.82 Å². The van der Waals surface area contributed by atoms with E-state index in [4.69, 9.17) is 0 Å². The van der Waals surface area contributed by atoms with Crippen LogP contribution in [-0.4, -0.2) is 13.1 Å². The first-order chi connectivity index (χ1) is 11.8. The summed E-state index contributed by atoms with van der Waals surface area (Å²) in [6.07, 6.45) is 0.907. The van der Waals surface area contributed by atoms with Crippen molar-refractivity contribution in [3.8, 4) is 0 Å². The third kappa shape index (κ3) is 5.59. The number of benzene rings is 2. The van der Waals surface area contributed by atoms with Crippen LogP contribution < -0.4 is 0 Å². The molecule has 6 heteroatoms. The third-order valence-corrected chi connectivity index (χ3v) is 4.64. The summed E-state index contributed by atoms with van der Waals surface area (Å²) in [5.41, 5.74) is 0.961. The van der Waals surface area contributed by atoms with E-state index in [9.17, 15) is 18.0 Å². The molecule has 0 aliphatic carbocycles. The molecular formula is C19H18BrF3O2. The van der Waals surface area contributed by atoms with Crippen LogP contribution in [0.3, 0.4) is 0 Å². The quantitative estimate of drug-likeness (QED) is 0.565. The van der Waals surface area contributed by atoms with Crippen LogP contribution in [0.15, 0.2) is 46.9 Å². The van der Waals surface area contributed by atoms with Crippen molar-refractivity contribution in [2.75, 3.05) is 7.11 Å². The number of carbonyl (C=O) groups is 1. The van der Waals surface area contributed by atoms with Crippen molar-refractivity contribution in [1.29, 1.82) is 0 Å². The summed E-state index contributed by atoms with van der Waals surface area (Å²) >= 11 is 3.18. The lowest BCUT2D eigenvalue weighted by atomic mass is 9.98. The van der Waals surface area contributed by atoms with Gasteiger partial charge in [-0.1, -0.05) is 40.2 Å². The zero-order chi connectivity index (χ0) is 18.4. The summed E-state index contributed by atoms with van der Waals surface area (Å²) in [6.45, 7) is 0. The van der Waals surface area contributed by atoms with E-state index in [0.29, 0.717) is 23.7 Å². The monoisotopic (exact) mass is 414 g/mol. The van der Waals surface area contributed by atoms with Crippen molar-refractivity contribution in [3.63, 3.8) is 0 Å². The zero-order valence-corrected chi connectivity index (χ0v) is 15.3. The average Bonchev–Trinajstić information content (AvgIpc) is 2.58. The number of methoxy groups -OCH3 is 1. The average molecular weight is 415 g/mol. The summed E-state index contributed by atoms with van der Waals surface area (Å²) in [5, 5.41) is 0. The molecule has 0 saturated heterocycles. The molecule has 2 aromatic rings. The molecule has 0 unspecified atom stereocenters. The molecule has 134 valence electrons. The van der Waals surface area contributed by atoms with Crippen LogP contribution >= 0.6 is 15.9 Å². The van der Waals surface area contributed by atoms with Crippen molar-refractivity contribution < 1.29 is 22.7 Å². The molecule has 0 spiro atoms. The van der Waals surface area contributed by atoms with Crippen LogP contribution in [0.2, 0.25) is 0 Å². The largest absolute Gasteiger partial charge is 0.469 e. The molecule has 25 heavy (non-hydrogen) atoms. The van der Waals surface area contributed by atoms with Crippen LogP contribution in [0.5, 0.6) is 0 Å². The van der Waals surface area contributed by atoms with Crippen molar-refractivity contribution >= 4 is 21.9 Å². The first-order valence-electron chi connectivity index (χ1n) is 7.80. The summed E-state index contributed by atoms with van der Waals surface area (Å²) in [5.74, 6) is -3.94. The number of esters is 1. The molecule has 0 atom stereocenters. The summed E-state index contributed by atoms with van der Waals surface area (Å²) in [6, 6.07) is 9.75. The first kappa shape index (κ1) is 19.5. The molecule has 0 bridgehead atoms. The number of ether oxygens (including phenoxy) is 1. The number of carbonyl (C=O) groups excluding carboxylic acids is 1. The Bertz CT molecular complexity index is 730. The van der Waals surface area contributed by atoms with Crippen LogP contribution in [0, 0.1) is 5.82 Å². The highest BCUT2D eigenvalue weighted by atomic mass is 79.9. The van der Waals surface area contributed by atoms with Gasteiger partial charge < -0.3 is 4.74 Å². The molecular weight excluding hydrogens is 397 g/mol. The lowest BCUT2D eigenvalue weighted by Gasteiger charge is -2.18. The third-order valence-electron chi connectivity index (χ3n) is 3.87. The molecule has 0 fully saturated rings. The lowest BCUT2D eigenvalue weighted by Crippen LogP contribution is -2.17. The second-order valence-electron chi connectivity index (χ2n) is 5.74. The maximum absolute atomic E-state index is 14.5. The normalized spacial score (nSPS) is 11.4. The van der Waals surface area contributed by atoms with Crippen LogP contribution in [0.1, 0.15) is 29.5 Å². The molecule has 0 aromatic heterocycles. The molecule has 0 aliphatic rings. The van der Waals surface area contributed by atoms with E-state index >= 15 is 0 Å². The first-order valence-corrected chi connectivity index (χ1v) is 8.59. The Kier molecular flexibility index (Phi) is 6.64. The van der Waals surface area contributed by atoms with Gasteiger partial charge in [0.25, 0.3) is 5.92 Å². The van der Waals surface area contributed by atoms with Gasteiger partial charge in [-0.3, -0.25) is 4.79 Å². The van der Waals surface area contributed by atoms with E-state index in [2.05, 4.69) is 20.7 Å². The number of alkyl halides is 2. The van der Waals surface area contributed by atoms with E-state index in [1.807, 2.05) is 0 Å². The predicted molar refractivity (Wildman–Crippen MR) is 93.1 cm³/mol. The van der Waals surface area contributed by atoms with Crippen molar-refractivity contribution in [3.05, 3.63) is 69.4 Å². The predicted octanol–water partition coefficient (Wildman–Crippen LogP) is 5.42. The van der Waals surface area contributed by atoms with Crippen molar-refractivity contribution in [2.24, 2.45) is 0 Å². The smallest absolute Gasteiger partial charge is 0.305 e. The molecule has 2 aromatic carbocycles. The number of hydrogen-bond acceptors (Lipinski definition) is 2. The summed E-state index contributed by atoms with van der Waals surface area (Å²) in [4.78, 5) is 11.1. The van der Waals surface area contributed by atoms with Gasteiger partial charge in [-0.2, -0.15) is 0 Å². The van der Waals surface area contributed by atoms with Gasteiger partial charge in [-0.25, -0.2) is 13.2 Å². The zero-order valence-electron chi connectivity index (χ0n) is 13.7. The SMILES string of the molecule is COC(=O)CCCc1ccc(C(F)(F)Cc2cc(F)ccc2Br)cc1. The fraction of sp³-hybridized carbons (Fsp3) is 0.316. The minimum Gasteiger partial charge on any atom is -0.469 e. The highest BCUT2D eigenvalue weighted by Gasteiger charge is 2.32. The molecule has 2 rings (SSSR count). The van der Waals surface area contributed by atoms with E-state index in [0.717, 1.165) is 11.6 Å². The summed E-state index contributed by atoms with van der Waals surface area (Å²) in [7, 11) is 1.33. The van der Waals surface area contributed by atoms with E-state index in [-0.39, 0.29) is 17.1 Å². The number of aryl methyl sites for hydroxylation is 1. The Balaban J connectivity index is 2.04. The second kappa shape index (κ2) is 8.52. The van der Waals surface area contributed by atoms with Gasteiger partial charge in [0.2, 0.25) is 0 Å². The lowest BCUT2D eigenvalue weighted by molar-refractivity contribution is -0.140. The number of hydrogen-bond donors (Lipinski definition) is 0. The maximum Gasteiger partial charge on any atom is 0.305 e. The molecule has 0 saturated carbocycles. The van der Waals surface area contributed by atoms with Crippen molar-refractivity contribution in [1.82, 2.24) is 0 Å². The Morgan fingerprint density at radius 2 is 1.84 bits per heavy atom. The number of halogens is 4. The van der Waals surface area contributed by atoms with Gasteiger partial charge in [-0.15, -0.1) is 0 Å². The molecule has 2 nitrogen and oxygen atoms in total. The van der Waals surface area contributed by atoms with Gasteiger partial charge in [0.05, 0.1) is 7.11 Å². The van der Waals surface area contributed by atoms with E-state index in [1.165, 1.54) is 31.4 Å². The minimum absolute atomic E-state index is 0.125. The Morgan fingerprint density at radius 1 is 1.16 bits per heavy atom. The Morgan fingerprint density at radius 3 is 2.48 bits per heavy atom. The molecule has 0 amide bonds. The Hall–Kier alpha value is -1.82. The molecule has 0 N–H and O–H groups in total. The Labute approximate surface area is 153 Å². The highest BCUT2D eigenvalue weighted by molar-refractivity contribution is 9.10. The fourth-order valence-corrected chi connectivity index (χ4v) is 2.86. The van der Waals surface area contributed by atoms with Gasteiger partial charge in [0.15, 0.2) is 0 Å². The standard InChI is InChI=1S/C19H18BrF3O2/c1-25-18(24)4-2-3-13-5-7-15(8-6-13)19(22,23)12-14-11-16(21)9-10-17(14)20/h5-11H,2-4,12H2,1H3. The number of rotatable bonds is 7. The summed E-state index contributed by atoms with van der Waals surface area (Å²) < 4.78 is 47.3. The maximum atomic E-state index is 14.5. The van der Waals surface area contributed by atoms with Crippen LogP contribution in [0.4, 0.5) is 13.2 Å². The van der Waals surface area contributed by atoms with Gasteiger partial charge in [-0.05, 0) is 42.2 Å². The van der Waals surface area contributed by atoms with Crippen molar-refractivity contribution in [2.45, 2.75) is 31.6 Å².